The van der Waals surface area contributed by atoms with Gasteiger partial charge in [-0.1, -0.05) is 12.5 Å². The predicted molar refractivity (Wildman–Crippen MR) is 77.5 cm³/mol. The van der Waals surface area contributed by atoms with Gasteiger partial charge in [0.15, 0.2) is 6.61 Å². The Bertz CT molecular complexity index is 481. The average molecular weight is 274 g/mol. The lowest BCUT2D eigenvalue weighted by molar-refractivity contribution is -0.128. The molecule has 1 amide bonds. The highest BCUT2D eigenvalue weighted by molar-refractivity contribution is 5.77. The van der Waals surface area contributed by atoms with Crippen LogP contribution >= 0.6 is 0 Å². The van der Waals surface area contributed by atoms with Crippen LogP contribution < -0.4 is 10.2 Å². The van der Waals surface area contributed by atoms with Gasteiger partial charge in [-0.25, -0.2) is 5.01 Å². The number of hydrazine groups is 1. The molecular formula is C16H22N2O2. The molecule has 0 spiro atoms. The molecule has 0 atom stereocenters. The van der Waals surface area contributed by atoms with Gasteiger partial charge in [0, 0.05) is 13.1 Å². The fourth-order valence-corrected chi connectivity index (χ4v) is 3.00. The molecule has 0 unspecified atom stereocenters. The summed E-state index contributed by atoms with van der Waals surface area (Å²) in [6.07, 6.45) is 7.11. The summed E-state index contributed by atoms with van der Waals surface area (Å²) in [6, 6.07) is 6.18. The summed E-state index contributed by atoms with van der Waals surface area (Å²) in [5.74, 6) is 0.742. The smallest absolute Gasteiger partial charge is 0.272 e. The van der Waals surface area contributed by atoms with E-state index in [1.54, 1.807) is 0 Å². The molecule has 20 heavy (non-hydrogen) atoms. The molecule has 1 fully saturated rings. The molecule has 1 saturated heterocycles. The number of piperidine rings is 1. The van der Waals surface area contributed by atoms with Crippen molar-refractivity contribution in [2.24, 2.45) is 0 Å². The molecule has 0 radical (unpaired) electrons. The number of carbonyl (C=O) groups is 1. The van der Waals surface area contributed by atoms with Gasteiger partial charge in [-0.05, 0) is 55.4 Å². The van der Waals surface area contributed by atoms with E-state index in [0.29, 0.717) is 0 Å². The molecule has 1 N–H and O–H groups in total. The van der Waals surface area contributed by atoms with Crippen molar-refractivity contribution in [2.45, 2.75) is 38.5 Å². The Morgan fingerprint density at radius 2 is 1.90 bits per heavy atom. The number of ether oxygens (including phenoxy) is 1. The number of nitrogens with zero attached hydrogens (tertiary/aromatic N) is 1. The third-order valence-corrected chi connectivity index (χ3v) is 4.08. The Kier molecular flexibility index (Phi) is 4.21. The second-order valence-corrected chi connectivity index (χ2v) is 5.66. The molecule has 1 aromatic carbocycles. The van der Waals surface area contributed by atoms with Crippen LogP contribution in [-0.2, 0) is 17.6 Å². The fourth-order valence-electron chi connectivity index (χ4n) is 3.00. The third-order valence-electron chi connectivity index (χ3n) is 4.08. The summed E-state index contributed by atoms with van der Waals surface area (Å²) in [5.41, 5.74) is 5.71. The number of aryl methyl sites for hydroxylation is 2. The molecule has 108 valence electrons. The summed E-state index contributed by atoms with van der Waals surface area (Å²) in [6.45, 7) is 1.99. The van der Waals surface area contributed by atoms with Gasteiger partial charge >= 0.3 is 0 Å². The molecule has 1 aliphatic heterocycles. The SMILES string of the molecule is O=C(COc1ccc2c(c1)CCC2)NN1CCCCC1. The average Bonchev–Trinajstić information content (AvgIpc) is 2.93. The minimum absolute atomic E-state index is 0.0626. The molecule has 1 aromatic rings. The van der Waals surface area contributed by atoms with Crippen LogP contribution in [0.5, 0.6) is 5.75 Å². The van der Waals surface area contributed by atoms with Gasteiger partial charge in [-0.3, -0.25) is 10.2 Å². The van der Waals surface area contributed by atoms with E-state index >= 15 is 0 Å². The van der Waals surface area contributed by atoms with Gasteiger partial charge in [0.05, 0.1) is 0 Å². The number of hydrogen-bond donors (Lipinski definition) is 1. The van der Waals surface area contributed by atoms with Crippen LogP contribution in [0.25, 0.3) is 0 Å². The van der Waals surface area contributed by atoms with Gasteiger partial charge in [0.2, 0.25) is 0 Å². The van der Waals surface area contributed by atoms with E-state index < -0.39 is 0 Å². The topological polar surface area (TPSA) is 41.6 Å². The highest BCUT2D eigenvalue weighted by Gasteiger charge is 2.14. The van der Waals surface area contributed by atoms with Gasteiger partial charge in [-0.2, -0.15) is 0 Å². The first-order valence-corrected chi connectivity index (χ1v) is 7.60. The first kappa shape index (κ1) is 13.4. The normalized spacial score (nSPS) is 18.6. The molecule has 1 heterocycles. The predicted octanol–water partition coefficient (Wildman–Crippen LogP) is 2.07. The Hall–Kier alpha value is -1.55. The zero-order chi connectivity index (χ0) is 13.8. The van der Waals surface area contributed by atoms with E-state index in [0.717, 1.165) is 38.1 Å². The number of fused-ring (bicyclic) bond motifs is 1. The van der Waals surface area contributed by atoms with E-state index in [-0.39, 0.29) is 12.5 Å². The Morgan fingerprint density at radius 1 is 1.10 bits per heavy atom. The summed E-state index contributed by atoms with van der Waals surface area (Å²) in [4.78, 5) is 11.8. The Labute approximate surface area is 120 Å². The second-order valence-electron chi connectivity index (χ2n) is 5.66. The molecule has 4 heteroatoms. The van der Waals surface area contributed by atoms with Crippen LogP contribution in [0, 0.1) is 0 Å². The van der Waals surface area contributed by atoms with Gasteiger partial charge in [0.25, 0.3) is 5.91 Å². The van der Waals surface area contributed by atoms with Gasteiger partial charge in [-0.15, -0.1) is 0 Å². The van der Waals surface area contributed by atoms with Crippen molar-refractivity contribution in [3.8, 4) is 5.75 Å². The van der Waals surface area contributed by atoms with E-state index in [4.69, 9.17) is 4.74 Å². The first-order valence-electron chi connectivity index (χ1n) is 7.60. The van der Waals surface area contributed by atoms with E-state index in [1.165, 1.54) is 30.4 Å². The highest BCUT2D eigenvalue weighted by atomic mass is 16.5. The van der Waals surface area contributed by atoms with Crippen molar-refractivity contribution in [1.82, 2.24) is 10.4 Å². The lowest BCUT2D eigenvalue weighted by atomic mass is 10.1. The summed E-state index contributed by atoms with van der Waals surface area (Å²) < 4.78 is 5.60. The van der Waals surface area contributed by atoms with E-state index in [9.17, 15) is 4.79 Å². The zero-order valence-electron chi connectivity index (χ0n) is 11.9. The van der Waals surface area contributed by atoms with Crippen LogP contribution in [-0.4, -0.2) is 30.6 Å². The fraction of sp³-hybridized carbons (Fsp3) is 0.562. The standard InChI is InChI=1S/C16H22N2O2/c19-16(17-18-9-2-1-3-10-18)12-20-15-8-7-13-5-4-6-14(13)11-15/h7-8,11H,1-6,9-10,12H2,(H,17,19). The molecular weight excluding hydrogens is 252 g/mol. The highest BCUT2D eigenvalue weighted by Crippen LogP contribution is 2.25. The van der Waals surface area contributed by atoms with Crippen molar-refractivity contribution in [3.05, 3.63) is 29.3 Å². The molecule has 3 rings (SSSR count). The number of rotatable bonds is 4. The van der Waals surface area contributed by atoms with Crippen molar-refractivity contribution >= 4 is 5.91 Å². The quantitative estimate of drug-likeness (QED) is 0.914. The summed E-state index contributed by atoms with van der Waals surface area (Å²) >= 11 is 0. The van der Waals surface area contributed by atoms with Crippen LogP contribution in [0.3, 0.4) is 0 Å². The lowest BCUT2D eigenvalue weighted by Gasteiger charge is -2.26. The second kappa shape index (κ2) is 6.27. The third kappa shape index (κ3) is 3.31. The summed E-state index contributed by atoms with van der Waals surface area (Å²) in [7, 11) is 0. The Morgan fingerprint density at radius 3 is 2.75 bits per heavy atom. The van der Waals surface area contributed by atoms with Crippen LogP contribution in [0.2, 0.25) is 0 Å². The molecule has 1 aliphatic carbocycles. The van der Waals surface area contributed by atoms with Gasteiger partial charge in [0.1, 0.15) is 5.75 Å². The monoisotopic (exact) mass is 274 g/mol. The van der Waals surface area contributed by atoms with Crippen LogP contribution in [0.4, 0.5) is 0 Å². The molecule has 4 nitrogen and oxygen atoms in total. The Balaban J connectivity index is 1.47. The lowest BCUT2D eigenvalue weighted by Crippen LogP contribution is -2.46. The van der Waals surface area contributed by atoms with Crippen molar-refractivity contribution in [2.75, 3.05) is 19.7 Å². The van der Waals surface area contributed by atoms with Crippen molar-refractivity contribution < 1.29 is 9.53 Å². The van der Waals surface area contributed by atoms with E-state index in [1.807, 2.05) is 11.1 Å². The zero-order valence-corrected chi connectivity index (χ0v) is 11.9. The maximum absolute atomic E-state index is 11.8. The number of benzene rings is 1. The minimum Gasteiger partial charge on any atom is -0.484 e. The van der Waals surface area contributed by atoms with Gasteiger partial charge < -0.3 is 4.74 Å². The number of amides is 1. The molecule has 0 saturated carbocycles. The molecule has 0 aromatic heterocycles. The van der Waals surface area contributed by atoms with Crippen LogP contribution in [0.15, 0.2) is 18.2 Å². The number of carbonyl (C=O) groups excluding carboxylic acids is 1. The first-order chi connectivity index (χ1) is 9.81. The summed E-state index contributed by atoms with van der Waals surface area (Å²) in [5, 5.41) is 2.00. The van der Waals surface area contributed by atoms with E-state index in [2.05, 4.69) is 17.6 Å². The minimum atomic E-state index is -0.0626. The molecule has 0 bridgehead atoms. The van der Waals surface area contributed by atoms with Crippen LogP contribution in [0.1, 0.15) is 36.8 Å². The largest absolute Gasteiger partial charge is 0.484 e. The van der Waals surface area contributed by atoms with Crippen molar-refractivity contribution in [3.63, 3.8) is 0 Å². The maximum atomic E-state index is 11.8. The number of hydrogen-bond acceptors (Lipinski definition) is 3. The molecule has 2 aliphatic rings. The number of nitrogens with one attached hydrogen (secondary N) is 1. The maximum Gasteiger partial charge on any atom is 0.272 e. The van der Waals surface area contributed by atoms with Crippen molar-refractivity contribution in [1.29, 1.82) is 0 Å².